The summed E-state index contributed by atoms with van der Waals surface area (Å²) < 4.78 is 1.11. The molecule has 0 saturated carbocycles. The number of thiazole rings is 1. The molecule has 3 aromatic rings. The first-order valence-corrected chi connectivity index (χ1v) is 9.56. The number of anilines is 2. The highest BCUT2D eigenvalue weighted by atomic mass is 32.2. The molecule has 1 unspecified atom stereocenters. The number of carbonyl (C=O) groups is 1. The molecule has 1 aliphatic rings. The molecule has 0 bridgehead atoms. The molecule has 4 rings (SSSR count). The Kier molecular flexibility index (Phi) is 3.94. The number of nitrogens with zero attached hydrogens (tertiary/aromatic N) is 3. The summed E-state index contributed by atoms with van der Waals surface area (Å²) in [5.41, 5.74) is 3.24. The summed E-state index contributed by atoms with van der Waals surface area (Å²) in [6.45, 7) is 0. The Labute approximate surface area is 149 Å². The third-order valence-electron chi connectivity index (χ3n) is 4.05. The fraction of sp³-hybridized carbons (Fsp3) is 0.222. The topological polar surface area (TPSA) is 36.4 Å². The molecular formula is C18H17N3OS2. The summed E-state index contributed by atoms with van der Waals surface area (Å²) in [4.78, 5) is 21.1. The summed E-state index contributed by atoms with van der Waals surface area (Å²) in [6, 6.07) is 16.4. The molecule has 24 heavy (non-hydrogen) atoms. The quantitative estimate of drug-likeness (QED) is 0.707. The van der Waals surface area contributed by atoms with Crippen LogP contribution in [0.2, 0.25) is 0 Å². The van der Waals surface area contributed by atoms with Crippen molar-refractivity contribution in [2.24, 2.45) is 0 Å². The van der Waals surface area contributed by atoms with E-state index in [0.717, 1.165) is 26.6 Å². The minimum absolute atomic E-state index is 0.00530. The highest BCUT2D eigenvalue weighted by Gasteiger charge is 2.35. The Hall–Kier alpha value is -2.05. The molecule has 6 heteroatoms. The number of rotatable bonds is 3. The van der Waals surface area contributed by atoms with Crippen LogP contribution in [0.4, 0.5) is 10.8 Å². The van der Waals surface area contributed by atoms with Crippen LogP contribution < -0.4 is 9.80 Å². The molecule has 1 amide bonds. The molecule has 0 aliphatic carbocycles. The first-order valence-electron chi connectivity index (χ1n) is 7.70. The fourth-order valence-corrected chi connectivity index (χ4v) is 5.01. The molecule has 1 fully saturated rings. The molecule has 1 saturated heterocycles. The first-order chi connectivity index (χ1) is 11.6. The van der Waals surface area contributed by atoms with Gasteiger partial charge in [-0.2, -0.15) is 0 Å². The molecule has 1 atom stereocenters. The second kappa shape index (κ2) is 6.11. The zero-order valence-corrected chi connectivity index (χ0v) is 15.1. The van der Waals surface area contributed by atoms with Gasteiger partial charge < -0.3 is 4.90 Å². The highest BCUT2D eigenvalue weighted by molar-refractivity contribution is 8.00. The Bertz CT molecular complexity index is 856. The van der Waals surface area contributed by atoms with Gasteiger partial charge in [-0.1, -0.05) is 35.6 Å². The van der Waals surface area contributed by atoms with Crippen LogP contribution in [0.5, 0.6) is 0 Å². The Morgan fingerprint density at radius 1 is 1.12 bits per heavy atom. The van der Waals surface area contributed by atoms with E-state index in [1.54, 1.807) is 23.1 Å². The minimum atomic E-state index is -0.00530. The average Bonchev–Trinajstić information content (AvgIpc) is 3.17. The van der Waals surface area contributed by atoms with Gasteiger partial charge in [-0.3, -0.25) is 9.69 Å². The number of fused-ring (bicyclic) bond motifs is 1. The number of para-hydroxylation sites is 1. The summed E-state index contributed by atoms with van der Waals surface area (Å²) in [7, 11) is 4.05. The van der Waals surface area contributed by atoms with E-state index in [0.29, 0.717) is 5.75 Å². The Morgan fingerprint density at radius 3 is 2.58 bits per heavy atom. The third-order valence-corrected chi connectivity index (χ3v) is 6.30. The van der Waals surface area contributed by atoms with Gasteiger partial charge in [-0.15, -0.1) is 11.8 Å². The number of aromatic nitrogens is 1. The van der Waals surface area contributed by atoms with E-state index in [9.17, 15) is 4.79 Å². The van der Waals surface area contributed by atoms with Crippen molar-refractivity contribution in [1.82, 2.24) is 4.98 Å². The second-order valence-corrected chi connectivity index (χ2v) is 7.95. The highest BCUT2D eigenvalue weighted by Crippen LogP contribution is 2.44. The van der Waals surface area contributed by atoms with Gasteiger partial charge in [0.2, 0.25) is 5.91 Å². The number of amides is 1. The number of thioether (sulfide) groups is 1. The van der Waals surface area contributed by atoms with Crippen molar-refractivity contribution in [1.29, 1.82) is 0 Å². The van der Waals surface area contributed by atoms with Crippen LogP contribution in [0.25, 0.3) is 10.2 Å². The normalized spacial score (nSPS) is 17.7. The molecule has 2 aromatic carbocycles. The van der Waals surface area contributed by atoms with Crippen molar-refractivity contribution in [3.05, 3.63) is 54.1 Å². The van der Waals surface area contributed by atoms with Crippen molar-refractivity contribution >= 4 is 50.0 Å². The molecule has 0 radical (unpaired) electrons. The van der Waals surface area contributed by atoms with E-state index >= 15 is 0 Å². The zero-order chi connectivity index (χ0) is 16.7. The minimum Gasteiger partial charge on any atom is -0.378 e. The zero-order valence-electron chi connectivity index (χ0n) is 13.5. The van der Waals surface area contributed by atoms with Crippen LogP contribution in [0, 0.1) is 0 Å². The van der Waals surface area contributed by atoms with Crippen molar-refractivity contribution in [3.63, 3.8) is 0 Å². The number of carbonyl (C=O) groups excluding carboxylic acids is 1. The molecule has 1 aliphatic heterocycles. The lowest BCUT2D eigenvalue weighted by Crippen LogP contribution is -2.27. The molecule has 122 valence electrons. The lowest BCUT2D eigenvalue weighted by molar-refractivity contribution is -0.115. The van der Waals surface area contributed by atoms with Gasteiger partial charge in [0.1, 0.15) is 5.37 Å². The van der Waals surface area contributed by atoms with Gasteiger partial charge in [0.15, 0.2) is 5.13 Å². The number of hydrogen-bond acceptors (Lipinski definition) is 5. The largest absolute Gasteiger partial charge is 0.378 e. The van der Waals surface area contributed by atoms with Crippen LogP contribution in [0.1, 0.15) is 10.9 Å². The average molecular weight is 355 g/mol. The van der Waals surface area contributed by atoms with Crippen LogP contribution in [0.3, 0.4) is 0 Å². The van der Waals surface area contributed by atoms with Gasteiger partial charge in [0, 0.05) is 19.8 Å². The molecule has 0 N–H and O–H groups in total. The summed E-state index contributed by atoms with van der Waals surface area (Å²) >= 11 is 3.24. The predicted octanol–water partition coefficient (Wildman–Crippen LogP) is 4.14. The maximum absolute atomic E-state index is 12.5. The van der Waals surface area contributed by atoms with Gasteiger partial charge in [0.05, 0.1) is 16.0 Å². The monoisotopic (exact) mass is 355 g/mol. The number of benzene rings is 2. The SMILES string of the molecule is CN(C)c1ccc(C2SCC(=O)N2c2nc3ccccc3s2)cc1. The predicted molar refractivity (Wildman–Crippen MR) is 103 cm³/mol. The molecule has 0 spiro atoms. The van der Waals surface area contributed by atoms with Gasteiger partial charge >= 0.3 is 0 Å². The van der Waals surface area contributed by atoms with E-state index in [1.165, 1.54) is 0 Å². The first kappa shape index (κ1) is 15.5. The van der Waals surface area contributed by atoms with Crippen LogP contribution in [-0.2, 0) is 4.79 Å². The fourth-order valence-electron chi connectivity index (χ4n) is 2.78. The summed E-state index contributed by atoms with van der Waals surface area (Å²) in [6.07, 6.45) is 0. The number of hydrogen-bond donors (Lipinski definition) is 0. The van der Waals surface area contributed by atoms with Crippen molar-refractivity contribution in [2.75, 3.05) is 29.6 Å². The van der Waals surface area contributed by atoms with Crippen LogP contribution in [0.15, 0.2) is 48.5 Å². The lowest BCUT2D eigenvalue weighted by atomic mass is 10.2. The van der Waals surface area contributed by atoms with Gasteiger partial charge in [-0.25, -0.2) is 4.98 Å². The van der Waals surface area contributed by atoms with Crippen molar-refractivity contribution in [3.8, 4) is 0 Å². The van der Waals surface area contributed by atoms with Gasteiger partial charge in [0.25, 0.3) is 0 Å². The molecule has 4 nitrogen and oxygen atoms in total. The van der Waals surface area contributed by atoms with Crippen molar-refractivity contribution in [2.45, 2.75) is 5.37 Å². The van der Waals surface area contributed by atoms with E-state index < -0.39 is 0 Å². The van der Waals surface area contributed by atoms with E-state index in [4.69, 9.17) is 0 Å². The standard InChI is InChI=1S/C18H17N3OS2/c1-20(2)13-9-7-12(8-10-13)17-21(16(22)11-23-17)18-19-14-5-3-4-6-15(14)24-18/h3-10,17H,11H2,1-2H3. The smallest absolute Gasteiger partial charge is 0.240 e. The van der Waals surface area contributed by atoms with Crippen molar-refractivity contribution < 1.29 is 4.79 Å². The molecule has 1 aromatic heterocycles. The van der Waals surface area contributed by atoms with E-state index in [2.05, 4.69) is 34.1 Å². The summed E-state index contributed by atoms with van der Waals surface area (Å²) in [5.74, 6) is 0.622. The lowest BCUT2D eigenvalue weighted by Gasteiger charge is -2.22. The van der Waals surface area contributed by atoms with Crippen LogP contribution in [-0.4, -0.2) is 30.7 Å². The van der Waals surface area contributed by atoms with Crippen LogP contribution >= 0.6 is 23.1 Å². The van der Waals surface area contributed by atoms with E-state index in [1.807, 2.05) is 43.3 Å². The Morgan fingerprint density at radius 2 is 1.88 bits per heavy atom. The Balaban J connectivity index is 1.71. The summed E-state index contributed by atoms with van der Waals surface area (Å²) in [5, 5.41) is 0.780. The molecular weight excluding hydrogens is 338 g/mol. The molecule has 2 heterocycles. The van der Waals surface area contributed by atoms with E-state index in [-0.39, 0.29) is 11.3 Å². The second-order valence-electron chi connectivity index (χ2n) is 5.88. The maximum Gasteiger partial charge on any atom is 0.240 e. The van der Waals surface area contributed by atoms with Gasteiger partial charge in [-0.05, 0) is 29.8 Å². The third kappa shape index (κ3) is 2.65. The maximum atomic E-state index is 12.5.